The Morgan fingerprint density at radius 3 is 2.40 bits per heavy atom. The first-order valence-electron chi connectivity index (χ1n) is 10.5. The Morgan fingerprint density at radius 2 is 1.74 bits per heavy atom. The minimum atomic E-state index is -2.21. The van der Waals surface area contributed by atoms with E-state index in [0.717, 1.165) is 11.8 Å². The number of aromatic nitrogens is 3. The molecule has 0 atom stereocenters. The average Bonchev–Trinajstić information content (AvgIpc) is 3.25. The van der Waals surface area contributed by atoms with Gasteiger partial charge < -0.3 is 5.32 Å². The van der Waals surface area contributed by atoms with Crippen molar-refractivity contribution in [3.05, 3.63) is 82.4 Å². The fourth-order valence-electron chi connectivity index (χ4n) is 3.19. The third-order valence-corrected chi connectivity index (χ3v) is 6.10. The van der Waals surface area contributed by atoms with Gasteiger partial charge in [-0.3, -0.25) is 9.36 Å². The van der Waals surface area contributed by atoms with Gasteiger partial charge in [0.05, 0.1) is 5.69 Å². The summed E-state index contributed by atoms with van der Waals surface area (Å²) < 4.78 is 70.3. The number of nitrogens with one attached hydrogen (secondary N) is 1. The van der Waals surface area contributed by atoms with Crippen molar-refractivity contribution in [1.82, 2.24) is 20.1 Å². The van der Waals surface area contributed by atoms with E-state index in [1.165, 1.54) is 0 Å². The van der Waals surface area contributed by atoms with Crippen LogP contribution in [0.2, 0.25) is 5.02 Å². The van der Waals surface area contributed by atoms with Gasteiger partial charge in [-0.2, -0.15) is 0 Å². The second-order valence-electron chi connectivity index (χ2n) is 7.35. The van der Waals surface area contributed by atoms with Gasteiger partial charge in [-0.25, -0.2) is 22.0 Å². The Balaban J connectivity index is 1.82. The molecule has 1 amide bonds. The van der Waals surface area contributed by atoms with Crippen LogP contribution in [-0.2, 0) is 17.0 Å². The highest BCUT2D eigenvalue weighted by molar-refractivity contribution is 7.98. The standard InChI is InChI=1S/C23H20ClF5N4OS/c1-2-10-30-17(34)9-4-3-8-16-31-32-23(33(16)14-7-5-6-13(24)11-14)35-12-15-18(25)20(27)22(29)21(28)19(15)26/h2,5-7,11H,1,3-4,8-10,12H2,(H,30,34). The van der Waals surface area contributed by atoms with Crippen LogP contribution in [0.25, 0.3) is 5.69 Å². The molecule has 0 aliphatic rings. The van der Waals surface area contributed by atoms with E-state index < -0.39 is 40.4 Å². The summed E-state index contributed by atoms with van der Waals surface area (Å²) in [6.45, 7) is 3.91. The number of halogens is 6. The molecule has 12 heteroatoms. The highest BCUT2D eigenvalue weighted by Crippen LogP contribution is 2.31. The minimum absolute atomic E-state index is 0.111. The monoisotopic (exact) mass is 530 g/mol. The molecule has 0 bridgehead atoms. The first-order valence-corrected chi connectivity index (χ1v) is 11.8. The second kappa shape index (κ2) is 12.2. The zero-order chi connectivity index (χ0) is 25.5. The number of unbranched alkanes of at least 4 members (excludes halogenated alkanes) is 1. The summed E-state index contributed by atoms with van der Waals surface area (Å²) in [5.41, 5.74) is -0.403. The average molecular weight is 531 g/mol. The highest BCUT2D eigenvalue weighted by Gasteiger charge is 2.26. The van der Waals surface area contributed by atoms with Crippen LogP contribution < -0.4 is 5.32 Å². The maximum atomic E-state index is 14.1. The molecule has 35 heavy (non-hydrogen) atoms. The molecule has 0 spiro atoms. The van der Waals surface area contributed by atoms with E-state index in [2.05, 4.69) is 22.1 Å². The number of hydrogen-bond acceptors (Lipinski definition) is 4. The summed E-state index contributed by atoms with van der Waals surface area (Å²) in [5.74, 6) is -10.2. The molecule has 5 nitrogen and oxygen atoms in total. The van der Waals surface area contributed by atoms with E-state index in [0.29, 0.717) is 48.8 Å². The van der Waals surface area contributed by atoms with E-state index in [9.17, 15) is 26.7 Å². The van der Waals surface area contributed by atoms with Gasteiger partial charge in [-0.05, 0) is 31.0 Å². The molecular weight excluding hydrogens is 511 g/mol. The van der Waals surface area contributed by atoms with Crippen molar-refractivity contribution in [3.63, 3.8) is 0 Å². The first-order chi connectivity index (χ1) is 16.7. The lowest BCUT2D eigenvalue weighted by atomic mass is 10.1. The number of hydrogen-bond donors (Lipinski definition) is 1. The van der Waals surface area contributed by atoms with Gasteiger partial charge in [0.15, 0.2) is 28.4 Å². The van der Waals surface area contributed by atoms with Gasteiger partial charge in [0.25, 0.3) is 0 Å². The van der Waals surface area contributed by atoms with Crippen LogP contribution in [0, 0.1) is 29.1 Å². The largest absolute Gasteiger partial charge is 0.353 e. The van der Waals surface area contributed by atoms with E-state index in [1.54, 1.807) is 34.9 Å². The molecule has 2 aromatic carbocycles. The predicted molar refractivity (Wildman–Crippen MR) is 123 cm³/mol. The zero-order valence-corrected chi connectivity index (χ0v) is 19.8. The third kappa shape index (κ3) is 6.40. The second-order valence-corrected chi connectivity index (χ2v) is 8.73. The van der Waals surface area contributed by atoms with Gasteiger partial charge in [0.2, 0.25) is 11.7 Å². The van der Waals surface area contributed by atoms with E-state index in [1.807, 2.05) is 0 Å². The quantitative estimate of drug-likeness (QED) is 0.0834. The Kier molecular flexibility index (Phi) is 9.27. The van der Waals surface area contributed by atoms with Gasteiger partial charge in [0, 0.05) is 35.7 Å². The summed E-state index contributed by atoms with van der Waals surface area (Å²) in [5, 5.41) is 11.5. The molecule has 0 aliphatic carbocycles. The molecule has 0 fully saturated rings. The Morgan fingerprint density at radius 1 is 1.06 bits per heavy atom. The van der Waals surface area contributed by atoms with Crippen molar-refractivity contribution in [3.8, 4) is 5.69 Å². The lowest BCUT2D eigenvalue weighted by Gasteiger charge is -2.12. The van der Waals surface area contributed by atoms with Crippen LogP contribution in [0.5, 0.6) is 0 Å². The molecule has 3 aromatic rings. The number of thioether (sulfide) groups is 1. The van der Waals surface area contributed by atoms with E-state index in [-0.39, 0.29) is 11.1 Å². The van der Waals surface area contributed by atoms with Gasteiger partial charge in [-0.15, -0.1) is 16.8 Å². The fraction of sp³-hybridized carbons (Fsp3) is 0.261. The van der Waals surface area contributed by atoms with Gasteiger partial charge in [0.1, 0.15) is 5.82 Å². The number of rotatable bonds is 11. The summed E-state index contributed by atoms with van der Waals surface area (Å²) in [4.78, 5) is 11.7. The van der Waals surface area contributed by atoms with Gasteiger partial charge >= 0.3 is 0 Å². The maximum Gasteiger partial charge on any atom is 0.220 e. The minimum Gasteiger partial charge on any atom is -0.353 e. The molecular formula is C23H20ClF5N4OS. The van der Waals surface area contributed by atoms with Crippen molar-refractivity contribution in [1.29, 1.82) is 0 Å². The smallest absolute Gasteiger partial charge is 0.220 e. The third-order valence-electron chi connectivity index (χ3n) is 4.91. The molecule has 0 unspecified atom stereocenters. The molecule has 1 aromatic heterocycles. The van der Waals surface area contributed by atoms with Crippen LogP contribution in [0.4, 0.5) is 22.0 Å². The van der Waals surface area contributed by atoms with Crippen LogP contribution in [0.1, 0.15) is 30.7 Å². The highest BCUT2D eigenvalue weighted by atomic mass is 35.5. The van der Waals surface area contributed by atoms with Crippen molar-refractivity contribution < 1.29 is 26.7 Å². The summed E-state index contributed by atoms with van der Waals surface area (Å²) in [6, 6.07) is 6.67. The number of nitrogens with zero attached hydrogens (tertiary/aromatic N) is 3. The topological polar surface area (TPSA) is 59.8 Å². The van der Waals surface area contributed by atoms with E-state index >= 15 is 0 Å². The fourth-order valence-corrected chi connectivity index (χ4v) is 4.34. The molecule has 0 saturated carbocycles. The normalized spacial score (nSPS) is 11.0. The summed E-state index contributed by atoms with van der Waals surface area (Å²) in [6.07, 6.45) is 3.45. The van der Waals surface area contributed by atoms with Crippen LogP contribution in [-0.4, -0.2) is 27.2 Å². The molecule has 3 rings (SSSR count). The number of benzene rings is 2. The number of aryl methyl sites for hydroxylation is 1. The van der Waals surface area contributed by atoms with E-state index in [4.69, 9.17) is 11.6 Å². The molecule has 1 N–H and O–H groups in total. The summed E-state index contributed by atoms with van der Waals surface area (Å²) in [7, 11) is 0. The van der Waals surface area contributed by atoms with Crippen molar-refractivity contribution >= 4 is 29.3 Å². The Bertz CT molecular complexity index is 1210. The Labute approximate surface area is 207 Å². The number of carbonyl (C=O) groups excluding carboxylic acids is 1. The molecule has 0 saturated heterocycles. The zero-order valence-electron chi connectivity index (χ0n) is 18.3. The SMILES string of the molecule is C=CCNC(=O)CCCCc1nnc(SCc2c(F)c(F)c(F)c(F)c2F)n1-c1cccc(Cl)c1. The molecule has 186 valence electrons. The molecule has 1 heterocycles. The maximum absolute atomic E-state index is 14.1. The first kappa shape index (κ1) is 26.7. The van der Waals surface area contributed by atoms with Gasteiger partial charge in [-0.1, -0.05) is 35.5 Å². The molecule has 0 radical (unpaired) electrons. The number of carbonyl (C=O) groups is 1. The van der Waals surface area contributed by atoms with Crippen molar-refractivity contribution in [2.24, 2.45) is 0 Å². The van der Waals surface area contributed by atoms with Crippen molar-refractivity contribution in [2.75, 3.05) is 6.54 Å². The lowest BCUT2D eigenvalue weighted by Crippen LogP contribution is -2.22. The molecule has 0 aliphatic heterocycles. The van der Waals surface area contributed by atoms with Crippen LogP contribution in [0.3, 0.4) is 0 Å². The summed E-state index contributed by atoms with van der Waals surface area (Å²) >= 11 is 6.87. The lowest BCUT2D eigenvalue weighted by molar-refractivity contribution is -0.121. The van der Waals surface area contributed by atoms with Crippen LogP contribution in [0.15, 0.2) is 42.1 Å². The number of amides is 1. The van der Waals surface area contributed by atoms with Crippen molar-refractivity contribution in [2.45, 2.75) is 36.6 Å². The Hall–Kier alpha value is -2.92. The predicted octanol–water partition coefficient (Wildman–Crippen LogP) is 5.92. The van der Waals surface area contributed by atoms with Crippen LogP contribution >= 0.6 is 23.4 Å².